The molecule has 0 atom stereocenters. The van der Waals surface area contributed by atoms with Crippen molar-refractivity contribution in [3.05, 3.63) is 15.4 Å². The third-order valence-electron chi connectivity index (χ3n) is 1.43. The van der Waals surface area contributed by atoms with E-state index in [0.29, 0.717) is 0 Å². The van der Waals surface area contributed by atoms with E-state index in [0.717, 1.165) is 0 Å². The minimum absolute atomic E-state index is 0.0513. The second-order valence-electron chi connectivity index (χ2n) is 2.61. The number of nitrogens with zero attached hydrogens (tertiary/aromatic N) is 3. The van der Waals surface area contributed by atoms with Crippen LogP contribution in [0.2, 0.25) is 0 Å². The van der Waals surface area contributed by atoms with Crippen molar-refractivity contribution in [3.8, 4) is 0 Å². The highest BCUT2D eigenvalue weighted by atomic mass is 16.3. The van der Waals surface area contributed by atoms with Gasteiger partial charge in [-0.15, -0.1) is 4.91 Å². The van der Waals surface area contributed by atoms with Gasteiger partial charge in [-0.25, -0.2) is 4.79 Å². The predicted molar refractivity (Wildman–Crippen MR) is 49.1 cm³/mol. The maximum absolute atomic E-state index is 10.9. The average Bonchev–Trinajstić information content (AvgIpc) is 2.02. The molecule has 0 aliphatic carbocycles. The summed E-state index contributed by atoms with van der Waals surface area (Å²) in [5.41, 5.74) is 4.70. The predicted octanol–water partition coefficient (Wildman–Crippen LogP) is -0.184. The molecule has 0 radical (unpaired) electrons. The molecule has 0 aliphatic rings. The molecule has 0 spiro atoms. The lowest BCUT2D eigenvalue weighted by atomic mass is 10.4. The first-order chi connectivity index (χ1) is 6.06. The fourth-order valence-electron chi connectivity index (χ4n) is 0.874. The van der Waals surface area contributed by atoms with E-state index in [4.69, 9.17) is 5.73 Å². The van der Waals surface area contributed by atoms with E-state index >= 15 is 0 Å². The number of nitrogens with two attached hydrogens (primary N) is 1. The Labute approximate surface area is 73.6 Å². The molecule has 7 nitrogen and oxygen atoms in total. The van der Waals surface area contributed by atoms with Crippen molar-refractivity contribution in [1.82, 2.24) is 9.97 Å². The quantitative estimate of drug-likeness (QED) is 0.618. The fraction of sp³-hybridized carbons (Fsp3) is 0.333. The van der Waals surface area contributed by atoms with Crippen LogP contribution in [0.1, 0.15) is 0 Å². The Morgan fingerprint density at radius 3 is 2.62 bits per heavy atom. The number of aromatic amines is 1. The molecule has 0 fully saturated rings. The van der Waals surface area contributed by atoms with Crippen LogP contribution < -0.4 is 16.3 Å². The van der Waals surface area contributed by atoms with Gasteiger partial charge in [-0.1, -0.05) is 0 Å². The van der Waals surface area contributed by atoms with Crippen LogP contribution >= 0.6 is 0 Å². The fourth-order valence-corrected chi connectivity index (χ4v) is 0.874. The molecule has 7 heteroatoms. The van der Waals surface area contributed by atoms with E-state index in [2.05, 4.69) is 15.1 Å². The number of hydrogen-bond acceptors (Lipinski definition) is 6. The minimum Gasteiger partial charge on any atom is -0.383 e. The number of nitrogens with one attached hydrogen (secondary N) is 1. The van der Waals surface area contributed by atoms with E-state index in [1.165, 1.54) is 4.90 Å². The monoisotopic (exact) mass is 183 g/mol. The van der Waals surface area contributed by atoms with Gasteiger partial charge in [-0.2, -0.15) is 4.98 Å². The van der Waals surface area contributed by atoms with Crippen molar-refractivity contribution in [2.45, 2.75) is 0 Å². The van der Waals surface area contributed by atoms with Gasteiger partial charge in [0, 0.05) is 14.1 Å². The van der Waals surface area contributed by atoms with Crippen molar-refractivity contribution >= 4 is 17.3 Å². The van der Waals surface area contributed by atoms with Crippen LogP contribution in [0.3, 0.4) is 0 Å². The van der Waals surface area contributed by atoms with Crippen molar-refractivity contribution in [2.75, 3.05) is 24.7 Å². The topological polar surface area (TPSA) is 104 Å². The molecule has 0 saturated carbocycles. The lowest BCUT2D eigenvalue weighted by molar-refractivity contribution is 1.000. The average molecular weight is 183 g/mol. The second-order valence-corrected chi connectivity index (χ2v) is 2.61. The highest BCUT2D eigenvalue weighted by molar-refractivity contribution is 5.71. The Bertz CT molecular complexity index is 383. The van der Waals surface area contributed by atoms with Gasteiger partial charge in [0.1, 0.15) is 5.82 Å². The van der Waals surface area contributed by atoms with Crippen LogP contribution in [-0.4, -0.2) is 24.1 Å². The number of nitroso groups, excluding NO2 is 1. The molecule has 0 saturated heterocycles. The Morgan fingerprint density at radius 1 is 1.54 bits per heavy atom. The summed E-state index contributed by atoms with van der Waals surface area (Å²) in [5, 5.41) is 2.68. The van der Waals surface area contributed by atoms with Crippen LogP contribution in [0.4, 0.5) is 17.3 Å². The molecule has 0 aromatic carbocycles. The van der Waals surface area contributed by atoms with Crippen molar-refractivity contribution in [2.24, 2.45) is 5.18 Å². The molecule has 3 N–H and O–H groups in total. The standard InChI is InChI=1S/C6H9N5O2/c1-11(2)5-3(10-13)4(7)8-6(12)9-5/h1-2H3,(H3,7,8,9,12). The van der Waals surface area contributed by atoms with Gasteiger partial charge in [0.05, 0.1) is 0 Å². The molecule has 1 rings (SSSR count). The number of aromatic nitrogens is 2. The van der Waals surface area contributed by atoms with Gasteiger partial charge in [0.2, 0.25) is 0 Å². The summed E-state index contributed by atoms with van der Waals surface area (Å²) in [5.74, 6) is 0.0925. The molecule has 0 aliphatic heterocycles. The Kier molecular flexibility index (Phi) is 2.27. The van der Waals surface area contributed by atoms with Crippen LogP contribution in [0.25, 0.3) is 0 Å². The second kappa shape index (κ2) is 3.21. The Balaban J connectivity index is 3.47. The summed E-state index contributed by atoms with van der Waals surface area (Å²) in [4.78, 5) is 28.4. The number of anilines is 2. The molecular weight excluding hydrogens is 174 g/mol. The van der Waals surface area contributed by atoms with Gasteiger partial charge in [0.25, 0.3) is 0 Å². The third kappa shape index (κ3) is 1.63. The van der Waals surface area contributed by atoms with E-state index in [-0.39, 0.29) is 17.3 Å². The third-order valence-corrected chi connectivity index (χ3v) is 1.43. The van der Waals surface area contributed by atoms with Crippen LogP contribution in [0.15, 0.2) is 9.97 Å². The summed E-state index contributed by atoms with van der Waals surface area (Å²) in [6, 6.07) is 0. The van der Waals surface area contributed by atoms with Crippen LogP contribution in [0, 0.1) is 4.91 Å². The Hall–Kier alpha value is -1.92. The number of nitrogen functional groups attached to an aromatic ring is 1. The maximum Gasteiger partial charge on any atom is 0.348 e. The van der Waals surface area contributed by atoms with Gasteiger partial charge in [0.15, 0.2) is 11.5 Å². The zero-order valence-electron chi connectivity index (χ0n) is 7.24. The number of H-pyrrole nitrogens is 1. The SMILES string of the molecule is CN(C)c1nc(=O)[nH]c(N)c1N=O. The highest BCUT2D eigenvalue weighted by Crippen LogP contribution is 2.27. The van der Waals surface area contributed by atoms with Crippen molar-refractivity contribution in [1.29, 1.82) is 0 Å². The maximum atomic E-state index is 10.9. The molecule has 0 bridgehead atoms. The summed E-state index contributed by atoms with van der Waals surface area (Å²) in [6.07, 6.45) is 0. The van der Waals surface area contributed by atoms with Gasteiger partial charge >= 0.3 is 5.69 Å². The first-order valence-corrected chi connectivity index (χ1v) is 3.46. The molecule has 13 heavy (non-hydrogen) atoms. The summed E-state index contributed by atoms with van der Waals surface area (Å²) >= 11 is 0. The first kappa shape index (κ1) is 9.17. The molecule has 70 valence electrons. The number of hydrogen-bond donors (Lipinski definition) is 2. The van der Waals surface area contributed by atoms with E-state index < -0.39 is 5.69 Å². The largest absolute Gasteiger partial charge is 0.383 e. The first-order valence-electron chi connectivity index (χ1n) is 3.46. The smallest absolute Gasteiger partial charge is 0.348 e. The van der Waals surface area contributed by atoms with Gasteiger partial charge < -0.3 is 10.6 Å². The van der Waals surface area contributed by atoms with Crippen LogP contribution in [-0.2, 0) is 0 Å². The van der Waals surface area contributed by atoms with E-state index in [1.54, 1.807) is 14.1 Å². The van der Waals surface area contributed by atoms with E-state index in [9.17, 15) is 9.70 Å². The molecule has 0 amide bonds. The minimum atomic E-state index is -0.603. The summed E-state index contributed by atoms with van der Waals surface area (Å²) in [6.45, 7) is 0. The normalized spacial score (nSPS) is 9.69. The molecular formula is C6H9N5O2. The molecule has 1 aromatic heterocycles. The Morgan fingerprint density at radius 2 is 2.15 bits per heavy atom. The summed E-state index contributed by atoms with van der Waals surface area (Å²) in [7, 11) is 3.27. The highest BCUT2D eigenvalue weighted by Gasteiger charge is 2.12. The van der Waals surface area contributed by atoms with Gasteiger partial charge in [-0.3, -0.25) is 4.98 Å². The molecule has 0 unspecified atom stereocenters. The summed E-state index contributed by atoms with van der Waals surface area (Å²) < 4.78 is 0. The van der Waals surface area contributed by atoms with Crippen LogP contribution in [0.5, 0.6) is 0 Å². The molecule has 1 aromatic rings. The van der Waals surface area contributed by atoms with Gasteiger partial charge in [-0.05, 0) is 5.18 Å². The van der Waals surface area contributed by atoms with E-state index in [1.807, 2.05) is 0 Å². The van der Waals surface area contributed by atoms with Crippen molar-refractivity contribution in [3.63, 3.8) is 0 Å². The zero-order valence-corrected chi connectivity index (χ0v) is 7.24. The number of rotatable bonds is 2. The molecule has 1 heterocycles. The lowest BCUT2D eigenvalue weighted by Crippen LogP contribution is -2.20. The zero-order chi connectivity index (χ0) is 10.0. The van der Waals surface area contributed by atoms with Crippen molar-refractivity contribution < 1.29 is 0 Å². The lowest BCUT2D eigenvalue weighted by Gasteiger charge is -2.11.